The van der Waals surface area contributed by atoms with Crippen molar-refractivity contribution in [3.63, 3.8) is 0 Å². The van der Waals surface area contributed by atoms with E-state index in [1.165, 1.54) is 32.4 Å². The first-order chi connectivity index (χ1) is 11.1. The van der Waals surface area contributed by atoms with E-state index >= 15 is 0 Å². The molecule has 23 heavy (non-hydrogen) atoms. The third kappa shape index (κ3) is 3.74. The Morgan fingerprint density at radius 2 is 1.87 bits per heavy atom. The lowest BCUT2D eigenvalue weighted by atomic mass is 10.1. The summed E-state index contributed by atoms with van der Waals surface area (Å²) in [6, 6.07) is 11.1. The van der Waals surface area contributed by atoms with Crippen molar-refractivity contribution >= 4 is 17.5 Å². The van der Waals surface area contributed by atoms with Crippen molar-refractivity contribution < 1.29 is 19.2 Å². The molecule has 0 bridgehead atoms. The number of benzene rings is 2. The largest absolute Gasteiger partial charge is 0.497 e. The molecule has 0 aromatic heterocycles. The second-order valence-corrected chi connectivity index (χ2v) is 4.58. The highest BCUT2D eigenvalue weighted by Crippen LogP contribution is 2.25. The molecule has 6 heteroatoms. The number of carbonyl (C=O) groups is 1. The van der Waals surface area contributed by atoms with Gasteiger partial charge >= 0.3 is 0 Å². The van der Waals surface area contributed by atoms with E-state index in [2.05, 4.69) is 0 Å². The monoisotopic (exact) mass is 313 g/mol. The summed E-state index contributed by atoms with van der Waals surface area (Å²) < 4.78 is 10.3. The van der Waals surface area contributed by atoms with Gasteiger partial charge in [-0.15, -0.1) is 0 Å². The van der Waals surface area contributed by atoms with E-state index in [9.17, 15) is 14.9 Å². The minimum atomic E-state index is -0.490. The van der Waals surface area contributed by atoms with Crippen LogP contribution in [0.25, 0.3) is 6.08 Å². The molecule has 2 rings (SSSR count). The number of methoxy groups -OCH3 is 2. The molecule has 0 fully saturated rings. The third-order valence-corrected chi connectivity index (χ3v) is 3.22. The molecular formula is C17H15NO5. The number of hydrogen-bond acceptors (Lipinski definition) is 5. The molecule has 0 saturated heterocycles. The highest BCUT2D eigenvalue weighted by Gasteiger charge is 2.13. The van der Waals surface area contributed by atoms with E-state index in [1.807, 2.05) is 0 Å². The van der Waals surface area contributed by atoms with Crippen LogP contribution in [0.4, 0.5) is 5.69 Å². The van der Waals surface area contributed by atoms with Crippen LogP contribution in [0.1, 0.15) is 15.9 Å². The Hall–Kier alpha value is -3.15. The van der Waals surface area contributed by atoms with Crippen LogP contribution >= 0.6 is 0 Å². The fraction of sp³-hybridized carbons (Fsp3) is 0.118. The molecule has 2 aromatic carbocycles. The second kappa shape index (κ2) is 7.22. The van der Waals surface area contributed by atoms with Gasteiger partial charge in [0.15, 0.2) is 5.78 Å². The molecular weight excluding hydrogens is 298 g/mol. The van der Waals surface area contributed by atoms with Gasteiger partial charge in [0.1, 0.15) is 11.5 Å². The summed E-state index contributed by atoms with van der Waals surface area (Å²) in [4.78, 5) is 22.8. The number of allylic oxidation sites excluding steroid dienone is 1. The lowest BCUT2D eigenvalue weighted by Gasteiger charge is -2.07. The molecule has 0 aliphatic carbocycles. The number of nitro benzene ring substituents is 1. The highest BCUT2D eigenvalue weighted by atomic mass is 16.6. The van der Waals surface area contributed by atoms with Crippen LogP contribution in [-0.2, 0) is 0 Å². The number of nitro groups is 1. The first kappa shape index (κ1) is 16.2. The van der Waals surface area contributed by atoms with Gasteiger partial charge in [-0.05, 0) is 36.4 Å². The molecule has 6 nitrogen and oxygen atoms in total. The number of nitrogens with zero attached hydrogens (tertiary/aromatic N) is 1. The van der Waals surface area contributed by atoms with Crippen molar-refractivity contribution in [2.75, 3.05) is 14.2 Å². The maximum atomic E-state index is 12.4. The normalized spacial score (nSPS) is 10.5. The number of para-hydroxylation sites is 1. The molecule has 0 saturated carbocycles. The van der Waals surface area contributed by atoms with Crippen LogP contribution in [0.2, 0.25) is 0 Å². The van der Waals surface area contributed by atoms with Gasteiger partial charge in [0, 0.05) is 6.07 Å². The molecule has 0 atom stereocenters. The van der Waals surface area contributed by atoms with Crippen LogP contribution in [0.5, 0.6) is 11.5 Å². The molecule has 0 radical (unpaired) electrons. The predicted octanol–water partition coefficient (Wildman–Crippen LogP) is 3.51. The number of carbonyl (C=O) groups excluding carboxylic acids is 1. The summed E-state index contributed by atoms with van der Waals surface area (Å²) >= 11 is 0. The standard InChI is InChI=1S/C17H15NO5/c1-22-13-8-10-17(23-2)14(11-13)16(19)9-7-12-5-3-4-6-15(12)18(20)21/h3-11H,1-2H3. The predicted molar refractivity (Wildman–Crippen MR) is 86.0 cm³/mol. The quantitative estimate of drug-likeness (QED) is 0.353. The van der Waals surface area contributed by atoms with Gasteiger partial charge in [0.25, 0.3) is 5.69 Å². The average molecular weight is 313 g/mol. The Bertz CT molecular complexity index is 767. The molecule has 0 N–H and O–H groups in total. The van der Waals surface area contributed by atoms with E-state index < -0.39 is 4.92 Å². The minimum Gasteiger partial charge on any atom is -0.497 e. The van der Waals surface area contributed by atoms with Crippen LogP contribution in [0, 0.1) is 10.1 Å². The summed E-state index contributed by atoms with van der Waals surface area (Å²) in [7, 11) is 2.96. The smallest absolute Gasteiger partial charge is 0.276 e. The molecule has 2 aromatic rings. The summed E-state index contributed by atoms with van der Waals surface area (Å²) in [6.45, 7) is 0. The van der Waals surface area contributed by atoms with Crippen LogP contribution in [0.3, 0.4) is 0 Å². The van der Waals surface area contributed by atoms with Gasteiger partial charge < -0.3 is 9.47 Å². The van der Waals surface area contributed by atoms with Gasteiger partial charge in [0.05, 0.1) is 30.3 Å². The van der Waals surface area contributed by atoms with Gasteiger partial charge in [-0.25, -0.2) is 0 Å². The van der Waals surface area contributed by atoms with Gasteiger partial charge in [-0.2, -0.15) is 0 Å². The maximum absolute atomic E-state index is 12.4. The Balaban J connectivity index is 2.34. The van der Waals surface area contributed by atoms with Crippen molar-refractivity contribution in [2.24, 2.45) is 0 Å². The Kier molecular flexibility index (Phi) is 5.09. The van der Waals surface area contributed by atoms with Crippen LogP contribution < -0.4 is 9.47 Å². The summed E-state index contributed by atoms with van der Waals surface area (Å²) in [5.74, 6) is 0.593. The zero-order chi connectivity index (χ0) is 16.8. The summed E-state index contributed by atoms with van der Waals surface area (Å²) in [5, 5.41) is 11.0. The van der Waals surface area contributed by atoms with E-state index in [-0.39, 0.29) is 11.5 Å². The highest BCUT2D eigenvalue weighted by molar-refractivity contribution is 6.09. The van der Waals surface area contributed by atoms with E-state index in [0.717, 1.165) is 0 Å². The molecule has 0 aliphatic rings. The summed E-state index contributed by atoms with van der Waals surface area (Å²) in [6.07, 6.45) is 2.69. The first-order valence-corrected chi connectivity index (χ1v) is 6.74. The van der Waals surface area contributed by atoms with Crippen molar-refractivity contribution in [1.29, 1.82) is 0 Å². The van der Waals surface area contributed by atoms with Crippen LogP contribution in [0.15, 0.2) is 48.5 Å². The molecule has 0 aliphatic heterocycles. The average Bonchev–Trinajstić information content (AvgIpc) is 2.59. The Morgan fingerprint density at radius 3 is 2.52 bits per heavy atom. The fourth-order valence-electron chi connectivity index (χ4n) is 2.06. The second-order valence-electron chi connectivity index (χ2n) is 4.58. The lowest BCUT2D eigenvalue weighted by Crippen LogP contribution is -2.00. The topological polar surface area (TPSA) is 78.7 Å². The number of hydrogen-bond donors (Lipinski definition) is 0. The van der Waals surface area contributed by atoms with E-state index in [0.29, 0.717) is 22.6 Å². The molecule has 118 valence electrons. The van der Waals surface area contributed by atoms with Crippen LogP contribution in [-0.4, -0.2) is 24.9 Å². The molecule has 0 heterocycles. The van der Waals surface area contributed by atoms with Crippen molar-refractivity contribution in [2.45, 2.75) is 0 Å². The SMILES string of the molecule is COc1ccc(OC)c(C(=O)C=Cc2ccccc2[N+](=O)[O-])c1. The lowest BCUT2D eigenvalue weighted by molar-refractivity contribution is -0.385. The third-order valence-electron chi connectivity index (χ3n) is 3.22. The Morgan fingerprint density at radius 1 is 1.13 bits per heavy atom. The van der Waals surface area contributed by atoms with Crippen molar-refractivity contribution in [3.05, 3.63) is 69.8 Å². The van der Waals surface area contributed by atoms with Gasteiger partial charge in [0.2, 0.25) is 0 Å². The van der Waals surface area contributed by atoms with E-state index in [1.54, 1.807) is 36.4 Å². The minimum absolute atomic E-state index is 0.0610. The molecule has 0 amide bonds. The summed E-state index contributed by atoms with van der Waals surface area (Å²) in [5.41, 5.74) is 0.614. The number of ether oxygens (including phenoxy) is 2. The number of ketones is 1. The van der Waals surface area contributed by atoms with Crippen molar-refractivity contribution in [1.82, 2.24) is 0 Å². The van der Waals surface area contributed by atoms with Gasteiger partial charge in [-0.1, -0.05) is 12.1 Å². The Labute approximate surface area is 133 Å². The molecule has 0 unspecified atom stereocenters. The maximum Gasteiger partial charge on any atom is 0.276 e. The van der Waals surface area contributed by atoms with E-state index in [4.69, 9.17) is 9.47 Å². The first-order valence-electron chi connectivity index (χ1n) is 6.74. The fourth-order valence-corrected chi connectivity index (χ4v) is 2.06. The molecule has 0 spiro atoms. The zero-order valence-electron chi connectivity index (χ0n) is 12.7. The van der Waals surface area contributed by atoms with Gasteiger partial charge in [-0.3, -0.25) is 14.9 Å². The zero-order valence-corrected chi connectivity index (χ0v) is 12.7. The van der Waals surface area contributed by atoms with Crippen molar-refractivity contribution in [3.8, 4) is 11.5 Å². The number of rotatable bonds is 6.